The predicted molar refractivity (Wildman–Crippen MR) is 207 cm³/mol. The highest BCUT2D eigenvalue weighted by Crippen LogP contribution is 2.26. The number of aliphatic hydroxyl groups is 1. The molecule has 2 aromatic rings. The van der Waals surface area contributed by atoms with Gasteiger partial charge in [-0.1, -0.05) is 93.9 Å². The average Bonchev–Trinajstić information content (AvgIpc) is 3.17. The van der Waals surface area contributed by atoms with Crippen LogP contribution in [0.2, 0.25) is 0 Å². The van der Waals surface area contributed by atoms with Gasteiger partial charge in [0.15, 0.2) is 5.60 Å². The molecule has 0 heterocycles. The zero-order chi connectivity index (χ0) is 41.2. The summed E-state index contributed by atoms with van der Waals surface area (Å²) in [6, 6.07) is 12.9. The lowest BCUT2D eigenvalue weighted by Crippen LogP contribution is -2.55. The maximum Gasteiger partial charge on any atom is 0.340 e. The van der Waals surface area contributed by atoms with Gasteiger partial charge < -0.3 is 34.8 Å². The van der Waals surface area contributed by atoms with E-state index < -0.39 is 60.6 Å². The molecule has 0 fully saturated rings. The van der Waals surface area contributed by atoms with Crippen molar-refractivity contribution in [3.63, 3.8) is 0 Å². The van der Waals surface area contributed by atoms with Gasteiger partial charge in [-0.3, -0.25) is 14.4 Å². The van der Waals surface area contributed by atoms with Crippen LogP contribution in [0.15, 0.2) is 66.7 Å². The number of Topliss-reactive ketones (excluding diaryl/α,β-unsaturated/α-hetero) is 1. The van der Waals surface area contributed by atoms with Crippen molar-refractivity contribution in [2.24, 2.45) is 5.92 Å². The Morgan fingerprint density at radius 3 is 2.09 bits per heavy atom. The molecule has 2 aromatic carbocycles. The minimum atomic E-state index is -3.08. The van der Waals surface area contributed by atoms with E-state index in [1.54, 1.807) is 49.4 Å². The quantitative estimate of drug-likeness (QED) is 0.0251. The number of unbranched alkanes of at least 4 members (excludes halogenated alkanes) is 8. The third-order valence-electron chi connectivity index (χ3n) is 8.90. The van der Waals surface area contributed by atoms with E-state index in [-0.39, 0.29) is 24.4 Å². The number of aliphatic carboxylic acids is 2. The summed E-state index contributed by atoms with van der Waals surface area (Å²) in [7, 11) is 0. The molecular weight excluding hydrogens is 722 g/mol. The molecule has 0 saturated carbocycles. The highest BCUT2D eigenvalue weighted by atomic mass is 16.7. The number of amides is 1. The Morgan fingerprint density at radius 1 is 0.839 bits per heavy atom. The lowest BCUT2D eigenvalue weighted by molar-refractivity contribution is -0.172. The smallest absolute Gasteiger partial charge is 0.340 e. The average molecular weight is 778 g/mol. The third-order valence-corrected chi connectivity index (χ3v) is 8.90. The van der Waals surface area contributed by atoms with Crippen LogP contribution in [0.25, 0.3) is 0 Å². The van der Waals surface area contributed by atoms with E-state index >= 15 is 0 Å². The molecule has 0 saturated heterocycles. The van der Waals surface area contributed by atoms with Crippen molar-refractivity contribution < 1.29 is 58.3 Å². The first-order valence-electron chi connectivity index (χ1n) is 19.1. The Labute approximate surface area is 328 Å². The maximum absolute atomic E-state index is 13.8. The molecule has 0 aromatic heterocycles. The van der Waals surface area contributed by atoms with E-state index in [1.807, 2.05) is 0 Å². The van der Waals surface area contributed by atoms with E-state index in [0.717, 1.165) is 51.0 Å². The van der Waals surface area contributed by atoms with E-state index in [4.69, 9.17) is 14.2 Å². The van der Waals surface area contributed by atoms with Crippen LogP contribution in [0.1, 0.15) is 113 Å². The van der Waals surface area contributed by atoms with Crippen molar-refractivity contribution in [1.82, 2.24) is 5.32 Å². The number of benzene rings is 2. The molecule has 4 N–H and O–H groups in total. The molecule has 13 nitrogen and oxygen atoms in total. The summed E-state index contributed by atoms with van der Waals surface area (Å²) < 4.78 is 15.8. The van der Waals surface area contributed by atoms with Crippen LogP contribution in [-0.2, 0) is 39.9 Å². The number of esters is 2. The van der Waals surface area contributed by atoms with E-state index in [1.165, 1.54) is 24.6 Å². The largest absolute Gasteiger partial charge is 0.481 e. The molecule has 304 valence electrons. The highest BCUT2D eigenvalue weighted by molar-refractivity contribution is 5.95. The van der Waals surface area contributed by atoms with Gasteiger partial charge in [0.25, 0.3) is 0 Å². The lowest BCUT2D eigenvalue weighted by Gasteiger charge is -2.29. The van der Waals surface area contributed by atoms with Gasteiger partial charge in [0, 0.05) is 19.3 Å². The zero-order valence-electron chi connectivity index (χ0n) is 32.3. The third kappa shape index (κ3) is 17.8. The number of allylic oxidation sites excluding steroid dienone is 1. The Bertz CT molecular complexity index is 1640. The fraction of sp³-hybridized carbons (Fsp3) is 0.488. The first-order valence-corrected chi connectivity index (χ1v) is 19.1. The SMILES string of the molecule is CC#CCOc1ccc(C[C@H](NC(=O)[C@@H](/C=C/CCCCCCC(=O)CCCCCCC)[C@@](O)(CC(=O)O)C(=O)O)C(=O)OCOC(=O)c2ccccc2)cc1. The van der Waals surface area contributed by atoms with Crippen molar-refractivity contribution in [2.75, 3.05) is 13.4 Å². The minimum absolute atomic E-state index is 0.153. The van der Waals surface area contributed by atoms with E-state index in [9.17, 15) is 44.1 Å². The molecule has 0 unspecified atom stereocenters. The van der Waals surface area contributed by atoms with Crippen LogP contribution < -0.4 is 10.1 Å². The highest BCUT2D eigenvalue weighted by Gasteiger charge is 2.49. The number of nitrogens with one attached hydrogen (secondary N) is 1. The number of carbonyl (C=O) groups is 6. The summed E-state index contributed by atoms with van der Waals surface area (Å²) in [5.41, 5.74) is -2.36. The van der Waals surface area contributed by atoms with Crippen LogP contribution in [0.5, 0.6) is 5.75 Å². The van der Waals surface area contributed by atoms with Crippen LogP contribution in [-0.4, -0.2) is 75.9 Å². The summed E-state index contributed by atoms with van der Waals surface area (Å²) in [5, 5.41) is 33.0. The van der Waals surface area contributed by atoms with Crippen molar-refractivity contribution >= 4 is 35.6 Å². The number of carbonyl (C=O) groups excluding carboxylic acids is 4. The Morgan fingerprint density at radius 2 is 1.48 bits per heavy atom. The Hall–Kier alpha value is -5.48. The number of carboxylic acid groups (broad SMARTS) is 2. The van der Waals surface area contributed by atoms with Crippen molar-refractivity contribution in [3.8, 4) is 17.6 Å². The van der Waals surface area contributed by atoms with Crippen LogP contribution in [0.4, 0.5) is 0 Å². The van der Waals surface area contributed by atoms with Crippen LogP contribution in [0.3, 0.4) is 0 Å². The standard InChI is InChI=1S/C43H55NO12/c1-3-5-7-10-16-21-34(45)22-17-11-8-9-12-18-23-36(43(53,42(51)52)30-38(46)47)39(48)44-37(29-32-24-26-35(27-25-32)54-28-6-4-2)41(50)56-31-55-40(49)33-19-14-13-15-20-33/h13-15,18-20,23-27,36-37,53H,3,5,7-12,16-17,21-22,28-31H2,1-2H3,(H,44,48)(H,46,47)(H,51,52)/b23-18+/t36-,37+,43+/m1/s1. The van der Waals surface area contributed by atoms with Crippen molar-refractivity contribution in [2.45, 2.75) is 115 Å². The molecule has 0 aliphatic rings. The molecule has 13 heteroatoms. The maximum atomic E-state index is 13.8. The van der Waals surface area contributed by atoms with Gasteiger partial charge in [-0.2, -0.15) is 0 Å². The fourth-order valence-electron chi connectivity index (χ4n) is 5.74. The number of rotatable bonds is 28. The Kier molecular flexibility index (Phi) is 22.0. The first kappa shape index (κ1) is 46.7. The molecule has 0 aliphatic heterocycles. The van der Waals surface area contributed by atoms with Crippen LogP contribution in [0, 0.1) is 17.8 Å². The van der Waals surface area contributed by atoms with Crippen molar-refractivity contribution in [1.29, 1.82) is 0 Å². The minimum Gasteiger partial charge on any atom is -0.481 e. The molecule has 0 bridgehead atoms. The van der Waals surface area contributed by atoms with Gasteiger partial charge in [0.05, 0.1) is 17.9 Å². The molecule has 3 atom stereocenters. The number of ketones is 1. The summed E-state index contributed by atoms with van der Waals surface area (Å²) in [6.07, 6.45) is 10.9. The van der Waals surface area contributed by atoms with E-state index in [0.29, 0.717) is 37.0 Å². The molecule has 2 rings (SSSR count). The second-order valence-electron chi connectivity index (χ2n) is 13.4. The molecule has 0 radical (unpaired) electrons. The summed E-state index contributed by atoms with van der Waals surface area (Å²) in [5.74, 6) is -2.30. The van der Waals surface area contributed by atoms with Gasteiger partial charge in [0.1, 0.15) is 24.2 Å². The van der Waals surface area contributed by atoms with Gasteiger partial charge in [0.2, 0.25) is 12.7 Å². The van der Waals surface area contributed by atoms with E-state index in [2.05, 4.69) is 24.1 Å². The normalized spacial score (nSPS) is 13.0. The summed E-state index contributed by atoms with van der Waals surface area (Å²) in [6.45, 7) is 3.16. The van der Waals surface area contributed by atoms with Gasteiger partial charge >= 0.3 is 23.9 Å². The Balaban J connectivity index is 2.17. The second-order valence-corrected chi connectivity index (χ2v) is 13.4. The number of hydrogen-bond acceptors (Lipinski definition) is 10. The predicted octanol–water partition coefficient (Wildman–Crippen LogP) is 6.21. The lowest BCUT2D eigenvalue weighted by atomic mass is 9.82. The zero-order valence-corrected chi connectivity index (χ0v) is 32.3. The van der Waals surface area contributed by atoms with Crippen LogP contribution >= 0.6 is 0 Å². The van der Waals surface area contributed by atoms with Gasteiger partial charge in [-0.25, -0.2) is 14.4 Å². The molecular formula is C43H55NO12. The fourth-order valence-corrected chi connectivity index (χ4v) is 5.74. The number of hydrogen-bond donors (Lipinski definition) is 4. The van der Waals surface area contributed by atoms with Gasteiger partial charge in [-0.05, 0) is 62.4 Å². The topological polar surface area (TPSA) is 203 Å². The first-order chi connectivity index (χ1) is 26.9. The number of carboxylic acids is 2. The molecule has 56 heavy (non-hydrogen) atoms. The molecule has 0 spiro atoms. The monoisotopic (exact) mass is 777 g/mol. The molecule has 0 aliphatic carbocycles. The second kappa shape index (κ2) is 26.3. The van der Waals surface area contributed by atoms with Crippen molar-refractivity contribution in [3.05, 3.63) is 77.9 Å². The summed E-state index contributed by atoms with van der Waals surface area (Å²) in [4.78, 5) is 75.7. The van der Waals surface area contributed by atoms with Gasteiger partial charge in [-0.15, -0.1) is 5.92 Å². The molecule has 1 amide bonds. The summed E-state index contributed by atoms with van der Waals surface area (Å²) >= 11 is 0. The number of ether oxygens (including phenoxy) is 3.